The molecule has 0 saturated heterocycles. The van der Waals surface area contributed by atoms with Crippen molar-refractivity contribution in [2.45, 2.75) is 20.4 Å². The number of aliphatic imine (C=N–C) groups is 1. The zero-order chi connectivity index (χ0) is 15.0. The maximum atomic E-state index is 9.88. The van der Waals surface area contributed by atoms with Gasteiger partial charge in [-0.3, -0.25) is 4.98 Å². The zero-order valence-corrected chi connectivity index (χ0v) is 11.9. The number of H-pyrrole nitrogens is 1. The van der Waals surface area contributed by atoms with E-state index in [2.05, 4.69) is 9.98 Å². The van der Waals surface area contributed by atoms with E-state index in [1.807, 2.05) is 36.9 Å². The van der Waals surface area contributed by atoms with Gasteiger partial charge in [-0.2, -0.15) is 0 Å². The smallest absolute Gasteiger partial charge is 0.215 e. The Labute approximate surface area is 122 Å². The fraction of sp³-hybridized carbons (Fsp3) is 0.267. The van der Waals surface area contributed by atoms with Crippen molar-refractivity contribution in [1.82, 2.24) is 4.98 Å². The molecule has 6 heteroatoms. The van der Waals surface area contributed by atoms with Crippen LogP contribution in [0.3, 0.4) is 0 Å². The Kier molecular flexibility index (Phi) is 3.21. The lowest BCUT2D eigenvalue weighted by atomic mass is 10.1. The van der Waals surface area contributed by atoms with Crippen molar-refractivity contribution >= 4 is 17.2 Å². The molecule has 2 heterocycles. The maximum absolute atomic E-state index is 9.88. The van der Waals surface area contributed by atoms with Gasteiger partial charge in [-0.05, 0) is 26.0 Å². The Hall–Kier alpha value is -2.63. The molecule has 0 fully saturated rings. The highest BCUT2D eigenvalue weighted by molar-refractivity contribution is 6.00. The first-order valence-corrected chi connectivity index (χ1v) is 6.78. The summed E-state index contributed by atoms with van der Waals surface area (Å²) in [5.74, 6) is 1.36. The van der Waals surface area contributed by atoms with E-state index in [-0.39, 0.29) is 11.8 Å². The van der Waals surface area contributed by atoms with E-state index in [1.54, 1.807) is 0 Å². The third-order valence-corrected chi connectivity index (χ3v) is 3.45. The predicted molar refractivity (Wildman–Crippen MR) is 80.7 cm³/mol. The van der Waals surface area contributed by atoms with Gasteiger partial charge in [0.1, 0.15) is 17.3 Å². The number of nitrogens with one attached hydrogen (secondary N) is 1. The van der Waals surface area contributed by atoms with E-state index >= 15 is 0 Å². The highest BCUT2D eigenvalue weighted by Crippen LogP contribution is 2.39. The molecule has 0 amide bonds. The average Bonchev–Trinajstić information content (AvgIpc) is 2.77. The molecule has 0 aliphatic carbocycles. The monoisotopic (exact) mass is 287 g/mol. The summed E-state index contributed by atoms with van der Waals surface area (Å²) >= 11 is 0. The molecule has 3 rings (SSSR count). The summed E-state index contributed by atoms with van der Waals surface area (Å²) in [6.45, 7) is 4.89. The summed E-state index contributed by atoms with van der Waals surface area (Å²) in [6.07, 6.45) is 0. The lowest BCUT2D eigenvalue weighted by Gasteiger charge is -2.29. The molecular formula is C15H17N3O3. The number of aromatic nitrogens is 1. The van der Waals surface area contributed by atoms with Gasteiger partial charge in [0, 0.05) is 11.6 Å². The number of nitrogens with zero attached hydrogens (tertiary/aromatic N) is 2. The highest BCUT2D eigenvalue weighted by Gasteiger charge is 2.24. The fourth-order valence-corrected chi connectivity index (χ4v) is 2.50. The molecule has 6 nitrogen and oxygen atoms in total. The molecule has 21 heavy (non-hydrogen) atoms. The van der Waals surface area contributed by atoms with Crippen LogP contribution in [0.1, 0.15) is 19.4 Å². The Morgan fingerprint density at radius 1 is 1.38 bits per heavy atom. The van der Waals surface area contributed by atoms with Crippen molar-refractivity contribution in [2.75, 3.05) is 11.5 Å². The van der Waals surface area contributed by atoms with Gasteiger partial charge in [-0.1, -0.05) is 6.07 Å². The molecule has 0 saturated carbocycles. The largest absolute Gasteiger partial charge is 0.494 e. The fourth-order valence-electron chi connectivity index (χ4n) is 2.50. The summed E-state index contributed by atoms with van der Waals surface area (Å²) < 4.78 is 5.64. The van der Waals surface area contributed by atoms with Crippen molar-refractivity contribution in [3.05, 3.63) is 29.8 Å². The minimum atomic E-state index is -0.0841. The van der Waals surface area contributed by atoms with Crippen LogP contribution in [-0.4, -0.2) is 27.6 Å². The van der Waals surface area contributed by atoms with Gasteiger partial charge in [0.15, 0.2) is 5.88 Å². The number of hydrogen-bond acceptors (Lipinski definition) is 5. The Morgan fingerprint density at radius 2 is 2.19 bits per heavy atom. The second-order valence-electron chi connectivity index (χ2n) is 4.82. The van der Waals surface area contributed by atoms with Crippen LogP contribution < -0.4 is 9.64 Å². The van der Waals surface area contributed by atoms with Gasteiger partial charge < -0.3 is 19.8 Å². The number of amidine groups is 1. The van der Waals surface area contributed by atoms with Gasteiger partial charge >= 0.3 is 0 Å². The molecule has 2 aromatic rings. The predicted octanol–water partition coefficient (Wildman–Crippen LogP) is 2.89. The molecule has 0 bridgehead atoms. The standard InChI is InChI=1S/C15H17N3O3/c1-3-21-13-6-4-5-11-10(13)8-18(9(2)16-11)12-7-14(19)17-15(12)20/h4-7,17,19-20H,3,8H2,1-2H3. The molecule has 1 aromatic carbocycles. The zero-order valence-electron chi connectivity index (χ0n) is 11.9. The molecule has 0 unspecified atom stereocenters. The van der Waals surface area contributed by atoms with Crippen LogP contribution in [0.4, 0.5) is 11.4 Å². The third-order valence-electron chi connectivity index (χ3n) is 3.45. The van der Waals surface area contributed by atoms with Crippen LogP contribution in [0, 0.1) is 0 Å². The lowest BCUT2D eigenvalue weighted by molar-refractivity contribution is 0.336. The van der Waals surface area contributed by atoms with Crippen molar-refractivity contribution in [3.63, 3.8) is 0 Å². The molecule has 0 atom stereocenters. The molecule has 1 aromatic heterocycles. The number of fused-ring (bicyclic) bond motifs is 1. The highest BCUT2D eigenvalue weighted by atomic mass is 16.5. The van der Waals surface area contributed by atoms with Gasteiger partial charge in [0.05, 0.1) is 18.8 Å². The Balaban J connectivity index is 2.04. The van der Waals surface area contributed by atoms with Gasteiger partial charge in [-0.25, -0.2) is 4.99 Å². The third kappa shape index (κ3) is 2.29. The molecule has 1 aliphatic rings. The normalized spacial score (nSPS) is 13.8. The van der Waals surface area contributed by atoms with Crippen molar-refractivity contribution in [2.24, 2.45) is 4.99 Å². The van der Waals surface area contributed by atoms with Gasteiger partial charge in [0.2, 0.25) is 5.88 Å². The van der Waals surface area contributed by atoms with Crippen LogP contribution in [0.2, 0.25) is 0 Å². The van der Waals surface area contributed by atoms with E-state index in [0.29, 0.717) is 18.8 Å². The quantitative estimate of drug-likeness (QED) is 0.810. The topological polar surface area (TPSA) is 81.1 Å². The van der Waals surface area contributed by atoms with Crippen molar-refractivity contribution in [3.8, 4) is 17.5 Å². The number of hydrogen-bond donors (Lipinski definition) is 3. The van der Waals surface area contributed by atoms with Crippen LogP contribution >= 0.6 is 0 Å². The summed E-state index contributed by atoms with van der Waals surface area (Å²) in [4.78, 5) is 8.85. The van der Waals surface area contributed by atoms with Gasteiger partial charge in [-0.15, -0.1) is 0 Å². The van der Waals surface area contributed by atoms with E-state index in [1.165, 1.54) is 6.07 Å². The number of benzene rings is 1. The Morgan fingerprint density at radius 3 is 2.86 bits per heavy atom. The minimum absolute atomic E-state index is 0.0839. The maximum Gasteiger partial charge on any atom is 0.215 e. The number of aromatic amines is 1. The minimum Gasteiger partial charge on any atom is -0.494 e. The summed E-state index contributed by atoms with van der Waals surface area (Å²) in [6, 6.07) is 7.23. The molecule has 3 N–H and O–H groups in total. The molecule has 110 valence electrons. The van der Waals surface area contributed by atoms with E-state index in [4.69, 9.17) is 4.74 Å². The SMILES string of the molecule is CCOc1cccc2c1CN(c1cc(O)[nH]c1O)C(C)=N2. The molecule has 0 spiro atoms. The van der Waals surface area contributed by atoms with Crippen LogP contribution in [0.5, 0.6) is 17.5 Å². The van der Waals surface area contributed by atoms with Gasteiger partial charge in [0.25, 0.3) is 0 Å². The number of rotatable bonds is 3. The van der Waals surface area contributed by atoms with E-state index in [0.717, 1.165) is 22.8 Å². The van der Waals surface area contributed by atoms with Crippen molar-refractivity contribution < 1.29 is 14.9 Å². The first-order valence-electron chi connectivity index (χ1n) is 6.78. The van der Waals surface area contributed by atoms with E-state index in [9.17, 15) is 10.2 Å². The summed E-state index contributed by atoms with van der Waals surface area (Å²) in [5, 5.41) is 19.4. The lowest BCUT2D eigenvalue weighted by Crippen LogP contribution is -2.30. The number of aromatic hydroxyl groups is 2. The average molecular weight is 287 g/mol. The molecular weight excluding hydrogens is 270 g/mol. The number of ether oxygens (including phenoxy) is 1. The number of anilines is 1. The van der Waals surface area contributed by atoms with Crippen LogP contribution in [-0.2, 0) is 6.54 Å². The Bertz CT molecular complexity index is 706. The van der Waals surface area contributed by atoms with Crippen molar-refractivity contribution in [1.29, 1.82) is 0 Å². The second kappa shape index (κ2) is 5.05. The summed E-state index contributed by atoms with van der Waals surface area (Å²) in [5.41, 5.74) is 2.32. The molecule has 1 aliphatic heterocycles. The first-order chi connectivity index (χ1) is 10.1. The second-order valence-corrected chi connectivity index (χ2v) is 4.82. The van der Waals surface area contributed by atoms with Crippen LogP contribution in [0.25, 0.3) is 0 Å². The summed E-state index contributed by atoms with van der Waals surface area (Å²) in [7, 11) is 0. The van der Waals surface area contributed by atoms with E-state index < -0.39 is 0 Å². The first kappa shape index (κ1) is 13.4. The van der Waals surface area contributed by atoms with Crippen LogP contribution in [0.15, 0.2) is 29.3 Å². The molecule has 0 radical (unpaired) electrons.